The number of carbonyl (C=O) groups is 1. The van der Waals surface area contributed by atoms with Crippen molar-refractivity contribution < 1.29 is 14.4 Å². The molecule has 2 unspecified atom stereocenters. The van der Waals surface area contributed by atoms with Crippen molar-refractivity contribution in [2.75, 3.05) is 6.61 Å². The van der Waals surface area contributed by atoms with E-state index in [0.717, 1.165) is 18.4 Å². The van der Waals surface area contributed by atoms with Crippen molar-refractivity contribution in [3.63, 3.8) is 0 Å². The number of urea groups is 1. The lowest BCUT2D eigenvalue weighted by Gasteiger charge is -2.29. The second kappa shape index (κ2) is 6.60. The van der Waals surface area contributed by atoms with E-state index in [1.165, 1.54) is 0 Å². The van der Waals surface area contributed by atoms with E-state index in [1.807, 2.05) is 37.3 Å². The number of nitrogens with zero attached hydrogens (tertiary/aromatic N) is 2. The molecular weight excluding hydrogens is 308 g/mol. The van der Waals surface area contributed by atoms with Crippen LogP contribution in [-0.2, 0) is 0 Å². The largest absolute Gasteiger partial charge is 0.394 e. The van der Waals surface area contributed by atoms with Crippen LogP contribution in [0.25, 0.3) is 11.5 Å². The van der Waals surface area contributed by atoms with Crippen LogP contribution in [-0.4, -0.2) is 33.4 Å². The Labute approximate surface area is 140 Å². The van der Waals surface area contributed by atoms with Gasteiger partial charge in [0.15, 0.2) is 5.82 Å². The Morgan fingerprint density at radius 1 is 1.42 bits per heavy atom. The van der Waals surface area contributed by atoms with E-state index >= 15 is 0 Å². The van der Waals surface area contributed by atoms with E-state index in [-0.39, 0.29) is 12.6 Å². The van der Waals surface area contributed by atoms with Crippen molar-refractivity contribution in [3.05, 3.63) is 36.2 Å². The molecule has 2 atom stereocenters. The summed E-state index contributed by atoms with van der Waals surface area (Å²) in [5.74, 6) is 1.15. The Morgan fingerprint density at radius 3 is 2.75 bits per heavy atom. The molecule has 1 heterocycles. The Kier molecular flexibility index (Phi) is 4.53. The summed E-state index contributed by atoms with van der Waals surface area (Å²) in [6.45, 7) is 3.56. The summed E-state index contributed by atoms with van der Waals surface area (Å²) in [7, 11) is 0. The molecule has 0 spiro atoms. The Balaban J connectivity index is 1.61. The van der Waals surface area contributed by atoms with Gasteiger partial charge in [-0.3, -0.25) is 0 Å². The normalized spacial score (nSPS) is 17.8. The molecule has 0 saturated heterocycles. The quantitative estimate of drug-likeness (QED) is 0.754. The average molecular weight is 330 g/mol. The maximum atomic E-state index is 12.2. The van der Waals surface area contributed by atoms with E-state index < -0.39 is 11.6 Å². The van der Waals surface area contributed by atoms with Gasteiger partial charge in [-0.05, 0) is 44.7 Å². The molecule has 7 nitrogen and oxygen atoms in total. The summed E-state index contributed by atoms with van der Waals surface area (Å²) in [5.41, 5.74) is 0.241. The summed E-state index contributed by atoms with van der Waals surface area (Å²) >= 11 is 0. The summed E-state index contributed by atoms with van der Waals surface area (Å²) in [6, 6.07) is 8.69. The third-order valence-corrected chi connectivity index (χ3v) is 4.40. The van der Waals surface area contributed by atoms with Crippen molar-refractivity contribution in [1.82, 2.24) is 20.8 Å². The first-order valence-electron chi connectivity index (χ1n) is 8.10. The lowest BCUT2D eigenvalue weighted by Crippen LogP contribution is -2.54. The van der Waals surface area contributed by atoms with E-state index in [4.69, 9.17) is 4.52 Å². The second-order valence-electron chi connectivity index (χ2n) is 6.49. The van der Waals surface area contributed by atoms with Gasteiger partial charge in [0.1, 0.15) is 0 Å². The molecule has 1 fully saturated rings. The number of nitrogens with one attached hydrogen (secondary N) is 2. The summed E-state index contributed by atoms with van der Waals surface area (Å²) < 4.78 is 5.25. The average Bonchev–Trinajstić information content (AvgIpc) is 3.33. The third-order valence-electron chi connectivity index (χ3n) is 4.40. The van der Waals surface area contributed by atoms with Gasteiger partial charge in [0.2, 0.25) is 0 Å². The third kappa shape index (κ3) is 3.56. The highest BCUT2D eigenvalue weighted by Gasteiger charge is 2.42. The lowest BCUT2D eigenvalue weighted by molar-refractivity contribution is 0.154. The van der Waals surface area contributed by atoms with E-state index in [0.29, 0.717) is 17.6 Å². The number of aliphatic hydroxyl groups is 1. The van der Waals surface area contributed by atoms with Crippen LogP contribution in [0.15, 0.2) is 34.9 Å². The zero-order chi connectivity index (χ0) is 17.2. The van der Waals surface area contributed by atoms with Crippen LogP contribution in [0.2, 0.25) is 0 Å². The van der Waals surface area contributed by atoms with Gasteiger partial charge in [-0.2, -0.15) is 4.98 Å². The first kappa shape index (κ1) is 16.4. The number of aliphatic hydroxyl groups excluding tert-OH is 1. The molecule has 1 saturated carbocycles. The number of hydrogen-bond donors (Lipinski definition) is 3. The Hall–Kier alpha value is -2.41. The number of aromatic nitrogens is 2. The van der Waals surface area contributed by atoms with E-state index in [1.54, 1.807) is 6.92 Å². The zero-order valence-electron chi connectivity index (χ0n) is 13.8. The second-order valence-corrected chi connectivity index (χ2v) is 6.49. The van der Waals surface area contributed by atoms with Crippen LogP contribution in [0.5, 0.6) is 0 Å². The van der Waals surface area contributed by atoms with Gasteiger partial charge in [0, 0.05) is 5.56 Å². The number of carbonyl (C=O) groups excluding carboxylic acids is 1. The molecule has 7 heteroatoms. The number of hydrogen-bond acceptors (Lipinski definition) is 5. The topological polar surface area (TPSA) is 100 Å². The Morgan fingerprint density at radius 2 is 2.12 bits per heavy atom. The molecule has 1 aliphatic carbocycles. The fourth-order valence-electron chi connectivity index (χ4n) is 2.66. The zero-order valence-corrected chi connectivity index (χ0v) is 13.8. The SMILES string of the molecule is CC(NC(=O)NC(C)(CO)C1CC1)c1noc(-c2ccccc2)n1. The van der Waals surface area contributed by atoms with Crippen LogP contribution in [0, 0.1) is 5.92 Å². The highest BCUT2D eigenvalue weighted by atomic mass is 16.5. The Bertz CT molecular complexity index is 699. The van der Waals surface area contributed by atoms with Gasteiger partial charge < -0.3 is 20.3 Å². The summed E-state index contributed by atoms with van der Waals surface area (Å²) in [4.78, 5) is 16.5. The fourth-order valence-corrected chi connectivity index (χ4v) is 2.66. The van der Waals surface area contributed by atoms with Gasteiger partial charge >= 0.3 is 6.03 Å². The van der Waals surface area contributed by atoms with Crippen molar-refractivity contribution >= 4 is 6.03 Å². The molecule has 0 aliphatic heterocycles. The predicted molar refractivity (Wildman–Crippen MR) is 88.0 cm³/mol. The molecule has 1 aromatic carbocycles. The van der Waals surface area contributed by atoms with Crippen molar-refractivity contribution in [2.45, 2.75) is 38.3 Å². The van der Waals surface area contributed by atoms with E-state index in [9.17, 15) is 9.90 Å². The summed E-state index contributed by atoms with van der Waals surface area (Å²) in [5, 5.41) is 19.1. The molecule has 1 aliphatic rings. The molecule has 3 N–H and O–H groups in total. The van der Waals surface area contributed by atoms with Crippen LogP contribution in [0.4, 0.5) is 4.79 Å². The smallest absolute Gasteiger partial charge is 0.315 e. The molecule has 0 bridgehead atoms. The van der Waals surface area contributed by atoms with Gasteiger partial charge in [0.05, 0.1) is 18.2 Å². The van der Waals surface area contributed by atoms with Gasteiger partial charge in [-0.1, -0.05) is 23.4 Å². The molecule has 24 heavy (non-hydrogen) atoms. The molecule has 128 valence electrons. The lowest BCUT2D eigenvalue weighted by atomic mass is 9.97. The van der Waals surface area contributed by atoms with Crippen molar-refractivity contribution in [2.24, 2.45) is 5.92 Å². The standard InChI is InChI=1S/C17H22N4O3/c1-11(18-16(23)20-17(2,10-22)13-8-9-13)14-19-15(24-21-14)12-6-4-3-5-7-12/h3-7,11,13,22H,8-10H2,1-2H3,(H2,18,20,23). The highest BCUT2D eigenvalue weighted by Crippen LogP contribution is 2.39. The highest BCUT2D eigenvalue weighted by molar-refractivity contribution is 5.75. The number of amides is 2. The van der Waals surface area contributed by atoms with Gasteiger partial charge in [0.25, 0.3) is 5.89 Å². The van der Waals surface area contributed by atoms with Crippen LogP contribution in [0.1, 0.15) is 38.6 Å². The first-order valence-corrected chi connectivity index (χ1v) is 8.10. The maximum absolute atomic E-state index is 12.2. The molecule has 3 rings (SSSR count). The first-order chi connectivity index (χ1) is 11.5. The van der Waals surface area contributed by atoms with Crippen molar-refractivity contribution in [1.29, 1.82) is 0 Å². The van der Waals surface area contributed by atoms with E-state index in [2.05, 4.69) is 20.8 Å². The van der Waals surface area contributed by atoms with Gasteiger partial charge in [-0.15, -0.1) is 0 Å². The molecule has 2 amide bonds. The predicted octanol–water partition coefficient (Wildman–Crippen LogP) is 2.26. The molecule has 0 radical (unpaired) electrons. The molecule has 2 aromatic rings. The maximum Gasteiger partial charge on any atom is 0.315 e. The van der Waals surface area contributed by atoms with Gasteiger partial charge in [-0.25, -0.2) is 4.79 Å². The van der Waals surface area contributed by atoms with Crippen LogP contribution in [0.3, 0.4) is 0 Å². The minimum atomic E-state index is -0.587. The monoisotopic (exact) mass is 330 g/mol. The number of benzene rings is 1. The molecular formula is C17H22N4O3. The fraction of sp³-hybridized carbons (Fsp3) is 0.471. The van der Waals surface area contributed by atoms with Crippen molar-refractivity contribution in [3.8, 4) is 11.5 Å². The number of rotatable bonds is 6. The van der Waals surface area contributed by atoms with Crippen LogP contribution >= 0.6 is 0 Å². The summed E-state index contributed by atoms with van der Waals surface area (Å²) in [6.07, 6.45) is 2.05. The minimum absolute atomic E-state index is 0.0835. The van der Waals surface area contributed by atoms with Crippen LogP contribution < -0.4 is 10.6 Å². The minimum Gasteiger partial charge on any atom is -0.394 e. The molecule has 1 aromatic heterocycles.